The lowest BCUT2D eigenvalue weighted by atomic mass is 9.96. The fourth-order valence-electron chi connectivity index (χ4n) is 1.63. The number of nitrogens with two attached hydrogens (primary N) is 1. The summed E-state index contributed by atoms with van der Waals surface area (Å²) in [7, 11) is 0. The summed E-state index contributed by atoms with van der Waals surface area (Å²) in [6.07, 6.45) is 2.55. The molecular formula is C13H20N4. The minimum atomic E-state index is 0.300. The zero-order valence-corrected chi connectivity index (χ0v) is 11.0. The van der Waals surface area contributed by atoms with Crippen molar-refractivity contribution in [1.29, 1.82) is 0 Å². The van der Waals surface area contributed by atoms with Gasteiger partial charge in [-0.15, -0.1) is 0 Å². The van der Waals surface area contributed by atoms with Crippen molar-refractivity contribution in [3.05, 3.63) is 17.6 Å². The summed E-state index contributed by atoms with van der Waals surface area (Å²) < 4.78 is 0. The SMILES string of the molecule is CCC/N=C(\C1=C(N)N=C=CN=C1C)C(C)C. The van der Waals surface area contributed by atoms with Gasteiger partial charge < -0.3 is 5.73 Å². The standard InChI is InChI=1S/C13H20N4/c1-5-6-16-12(9(2)3)11-10(4)15-7-8-17-13(11)14/h7,9H,5-6,14H2,1-4H3/b16-12-. The van der Waals surface area contributed by atoms with Gasteiger partial charge in [0.15, 0.2) is 0 Å². The summed E-state index contributed by atoms with van der Waals surface area (Å²) in [5, 5.41) is 0. The van der Waals surface area contributed by atoms with E-state index in [1.165, 1.54) is 6.20 Å². The first-order valence-corrected chi connectivity index (χ1v) is 5.95. The highest BCUT2D eigenvalue weighted by Gasteiger charge is 2.18. The molecule has 2 N–H and O–H groups in total. The Morgan fingerprint density at radius 2 is 2.24 bits per heavy atom. The van der Waals surface area contributed by atoms with Crippen LogP contribution in [0.15, 0.2) is 32.6 Å². The first-order chi connectivity index (χ1) is 8.07. The van der Waals surface area contributed by atoms with Gasteiger partial charge in [-0.25, -0.2) is 0 Å². The molecule has 0 aromatic rings. The Morgan fingerprint density at radius 3 is 2.82 bits per heavy atom. The maximum absolute atomic E-state index is 5.95. The second-order valence-corrected chi connectivity index (χ2v) is 4.27. The number of aliphatic imine (C=N–C) groups is 3. The fourth-order valence-corrected chi connectivity index (χ4v) is 1.63. The maximum atomic E-state index is 5.95. The molecule has 0 aliphatic carbocycles. The van der Waals surface area contributed by atoms with E-state index in [0.717, 1.165) is 30.0 Å². The molecule has 1 rings (SSSR count). The van der Waals surface area contributed by atoms with E-state index in [1.54, 1.807) is 0 Å². The van der Waals surface area contributed by atoms with E-state index in [1.807, 2.05) is 6.92 Å². The Hall–Kier alpha value is -1.67. The first-order valence-electron chi connectivity index (χ1n) is 5.95. The highest BCUT2D eigenvalue weighted by Crippen LogP contribution is 2.15. The van der Waals surface area contributed by atoms with Gasteiger partial charge in [0.1, 0.15) is 5.82 Å². The zero-order valence-electron chi connectivity index (χ0n) is 11.0. The monoisotopic (exact) mass is 232 g/mol. The topological polar surface area (TPSA) is 63.1 Å². The summed E-state index contributed by atoms with van der Waals surface area (Å²) in [4.78, 5) is 12.9. The van der Waals surface area contributed by atoms with E-state index < -0.39 is 0 Å². The van der Waals surface area contributed by atoms with Gasteiger partial charge in [-0.2, -0.15) is 4.99 Å². The van der Waals surface area contributed by atoms with Crippen molar-refractivity contribution >= 4 is 17.3 Å². The second kappa shape index (κ2) is 6.16. The first kappa shape index (κ1) is 13.4. The third-order valence-electron chi connectivity index (χ3n) is 2.43. The number of rotatable bonds is 4. The van der Waals surface area contributed by atoms with E-state index in [9.17, 15) is 0 Å². The molecule has 0 aromatic carbocycles. The fraction of sp³-hybridized carbons (Fsp3) is 0.538. The highest BCUT2D eigenvalue weighted by molar-refractivity contribution is 6.25. The number of hydrogen-bond acceptors (Lipinski definition) is 4. The summed E-state index contributed by atoms with van der Waals surface area (Å²) in [5.41, 5.74) is 8.63. The number of nitrogens with zero attached hydrogens (tertiary/aromatic N) is 3. The van der Waals surface area contributed by atoms with E-state index in [-0.39, 0.29) is 0 Å². The van der Waals surface area contributed by atoms with Gasteiger partial charge in [0, 0.05) is 12.4 Å². The molecule has 4 nitrogen and oxygen atoms in total. The van der Waals surface area contributed by atoms with E-state index in [0.29, 0.717) is 11.7 Å². The van der Waals surface area contributed by atoms with Gasteiger partial charge in [-0.3, -0.25) is 9.98 Å². The van der Waals surface area contributed by atoms with Crippen molar-refractivity contribution in [3.63, 3.8) is 0 Å². The van der Waals surface area contributed by atoms with E-state index >= 15 is 0 Å². The molecule has 1 aliphatic heterocycles. The minimum Gasteiger partial charge on any atom is -0.382 e. The van der Waals surface area contributed by atoms with Gasteiger partial charge in [0.05, 0.1) is 23.2 Å². The van der Waals surface area contributed by atoms with Crippen molar-refractivity contribution in [3.8, 4) is 0 Å². The van der Waals surface area contributed by atoms with Crippen molar-refractivity contribution in [2.45, 2.75) is 34.1 Å². The molecule has 92 valence electrons. The van der Waals surface area contributed by atoms with Crippen LogP contribution in [0.2, 0.25) is 0 Å². The molecule has 0 saturated heterocycles. The Kier molecular flexibility index (Phi) is 4.85. The van der Waals surface area contributed by atoms with Crippen LogP contribution in [0, 0.1) is 5.92 Å². The molecule has 0 unspecified atom stereocenters. The molecule has 0 atom stereocenters. The van der Waals surface area contributed by atoms with Gasteiger partial charge in [-0.05, 0) is 19.3 Å². The van der Waals surface area contributed by atoms with Gasteiger partial charge in [-0.1, -0.05) is 20.8 Å². The molecule has 0 radical (unpaired) electrons. The smallest absolute Gasteiger partial charge is 0.144 e. The quantitative estimate of drug-likeness (QED) is 0.743. The zero-order chi connectivity index (χ0) is 12.8. The summed E-state index contributed by atoms with van der Waals surface area (Å²) in [5.74, 6) is 3.43. The molecule has 17 heavy (non-hydrogen) atoms. The minimum absolute atomic E-state index is 0.300. The molecule has 4 heteroatoms. The molecule has 1 heterocycles. The number of hydrogen-bond donors (Lipinski definition) is 1. The van der Waals surface area contributed by atoms with Gasteiger partial charge in [0.2, 0.25) is 0 Å². The van der Waals surface area contributed by atoms with E-state index in [2.05, 4.69) is 41.6 Å². The molecular weight excluding hydrogens is 212 g/mol. The van der Waals surface area contributed by atoms with Crippen LogP contribution < -0.4 is 5.73 Å². The predicted octanol–water partition coefficient (Wildman–Crippen LogP) is 2.32. The van der Waals surface area contributed by atoms with Crippen LogP contribution in [0.5, 0.6) is 0 Å². The lowest BCUT2D eigenvalue weighted by Gasteiger charge is -2.14. The number of allylic oxidation sites excluding steroid dienone is 1. The maximum Gasteiger partial charge on any atom is 0.144 e. The lowest BCUT2D eigenvalue weighted by Crippen LogP contribution is -2.21. The molecule has 1 aliphatic rings. The molecule has 0 fully saturated rings. The van der Waals surface area contributed by atoms with Crippen molar-refractivity contribution < 1.29 is 0 Å². The van der Waals surface area contributed by atoms with Gasteiger partial charge >= 0.3 is 0 Å². The average Bonchev–Trinajstić information content (AvgIpc) is 2.43. The van der Waals surface area contributed by atoms with Crippen LogP contribution in [-0.4, -0.2) is 23.8 Å². The molecule has 0 aromatic heterocycles. The van der Waals surface area contributed by atoms with Crippen LogP contribution in [-0.2, 0) is 0 Å². The average molecular weight is 232 g/mol. The second-order valence-electron chi connectivity index (χ2n) is 4.27. The highest BCUT2D eigenvalue weighted by atomic mass is 14.9. The normalized spacial score (nSPS) is 16.5. The van der Waals surface area contributed by atoms with E-state index in [4.69, 9.17) is 5.73 Å². The van der Waals surface area contributed by atoms with Gasteiger partial charge in [0.25, 0.3) is 0 Å². The summed E-state index contributed by atoms with van der Waals surface area (Å²) in [6.45, 7) is 9.03. The third kappa shape index (κ3) is 3.40. The van der Waals surface area contributed by atoms with Crippen LogP contribution in [0.1, 0.15) is 34.1 Å². The van der Waals surface area contributed by atoms with Crippen LogP contribution in [0.3, 0.4) is 0 Å². The van der Waals surface area contributed by atoms with Crippen molar-refractivity contribution in [1.82, 2.24) is 0 Å². The van der Waals surface area contributed by atoms with Crippen molar-refractivity contribution in [2.24, 2.45) is 26.6 Å². The lowest BCUT2D eigenvalue weighted by molar-refractivity contribution is 0.851. The Labute approximate surface area is 103 Å². The van der Waals surface area contributed by atoms with Crippen LogP contribution in [0.4, 0.5) is 0 Å². The Morgan fingerprint density at radius 1 is 1.53 bits per heavy atom. The predicted molar refractivity (Wildman–Crippen MR) is 73.8 cm³/mol. The molecule has 0 bridgehead atoms. The Balaban J connectivity index is 3.23. The third-order valence-corrected chi connectivity index (χ3v) is 2.43. The molecule has 0 saturated carbocycles. The Bertz CT molecular complexity index is 432. The molecule has 0 spiro atoms. The summed E-state index contributed by atoms with van der Waals surface area (Å²) in [6, 6.07) is 0. The van der Waals surface area contributed by atoms with Crippen molar-refractivity contribution in [2.75, 3.05) is 6.54 Å². The molecule has 0 amide bonds. The van der Waals surface area contributed by atoms with Crippen LogP contribution in [0.25, 0.3) is 0 Å². The van der Waals surface area contributed by atoms with Crippen LogP contribution >= 0.6 is 0 Å². The largest absolute Gasteiger partial charge is 0.382 e. The summed E-state index contributed by atoms with van der Waals surface area (Å²) >= 11 is 0.